The van der Waals surface area contributed by atoms with Crippen molar-refractivity contribution in [1.29, 1.82) is 0 Å². The van der Waals surface area contributed by atoms with Gasteiger partial charge in [-0.2, -0.15) is 8.78 Å². The van der Waals surface area contributed by atoms with Crippen molar-refractivity contribution in [3.63, 3.8) is 0 Å². The molecule has 0 aliphatic carbocycles. The van der Waals surface area contributed by atoms with Crippen LogP contribution in [0.4, 0.5) is 13.2 Å². The van der Waals surface area contributed by atoms with Gasteiger partial charge in [-0.1, -0.05) is 0 Å². The van der Waals surface area contributed by atoms with Crippen LogP contribution in [0.15, 0.2) is 11.9 Å². The van der Waals surface area contributed by atoms with E-state index in [1.54, 1.807) is 0 Å². The summed E-state index contributed by atoms with van der Waals surface area (Å²) in [5.41, 5.74) is 9.36. The highest BCUT2D eigenvalue weighted by molar-refractivity contribution is 4.93. The first kappa shape index (κ1) is 10.4. The molecule has 0 spiro atoms. The minimum Gasteiger partial charge on any atom is -0.314 e. The Kier molecular flexibility index (Phi) is 3.54. The first-order valence-corrected chi connectivity index (χ1v) is 3.10. The summed E-state index contributed by atoms with van der Waals surface area (Å²) in [6.45, 7) is 1.44. The van der Waals surface area contributed by atoms with E-state index in [9.17, 15) is 13.2 Å². The van der Waals surface area contributed by atoms with Gasteiger partial charge < -0.3 is 11.5 Å². The molecule has 0 bridgehead atoms. The number of hydrogen-bond donors (Lipinski definition) is 2. The third kappa shape index (κ3) is 5.87. The van der Waals surface area contributed by atoms with Gasteiger partial charge in [-0.25, -0.2) is 4.39 Å². The molecule has 66 valence electrons. The third-order valence-electron chi connectivity index (χ3n) is 1.09. The van der Waals surface area contributed by atoms with Gasteiger partial charge in [0.1, 0.15) is 0 Å². The lowest BCUT2D eigenvalue weighted by Gasteiger charge is -2.16. The summed E-state index contributed by atoms with van der Waals surface area (Å²) < 4.78 is 34.9. The Labute approximate surface area is 63.1 Å². The molecule has 4 N–H and O–H groups in total. The predicted molar refractivity (Wildman–Crippen MR) is 36.4 cm³/mol. The van der Waals surface area contributed by atoms with Gasteiger partial charge >= 0.3 is 6.08 Å². The second kappa shape index (κ2) is 3.73. The Balaban J connectivity index is 3.82. The second-order valence-electron chi connectivity index (χ2n) is 2.67. The molecule has 0 aliphatic rings. The fourth-order valence-corrected chi connectivity index (χ4v) is 0.474. The smallest absolute Gasteiger partial charge is 0.301 e. The monoisotopic (exact) mass is 168 g/mol. The van der Waals surface area contributed by atoms with Crippen molar-refractivity contribution >= 4 is 0 Å². The van der Waals surface area contributed by atoms with Gasteiger partial charge in [0.2, 0.25) is 0 Å². The molecule has 0 aliphatic heterocycles. The first-order valence-electron chi connectivity index (χ1n) is 3.10. The van der Waals surface area contributed by atoms with Crippen molar-refractivity contribution in [3.8, 4) is 0 Å². The Morgan fingerprint density at radius 2 is 1.73 bits per heavy atom. The summed E-state index contributed by atoms with van der Waals surface area (Å²) in [6, 6.07) is 0. The fraction of sp³-hybridized carbons (Fsp3) is 0.667. The Hall–Kier alpha value is -0.550. The van der Waals surface area contributed by atoms with Gasteiger partial charge in [0, 0.05) is 6.42 Å². The van der Waals surface area contributed by atoms with Crippen LogP contribution < -0.4 is 11.5 Å². The van der Waals surface area contributed by atoms with Crippen molar-refractivity contribution in [1.82, 2.24) is 0 Å². The van der Waals surface area contributed by atoms with Gasteiger partial charge in [0.05, 0.1) is 5.66 Å². The molecule has 0 fully saturated rings. The minimum absolute atomic E-state index is 0.00380. The maximum absolute atomic E-state index is 12.1. The van der Waals surface area contributed by atoms with Crippen LogP contribution in [0.1, 0.15) is 19.8 Å². The van der Waals surface area contributed by atoms with Crippen LogP contribution in [0.5, 0.6) is 0 Å². The highest BCUT2D eigenvalue weighted by Gasteiger charge is 2.14. The SMILES string of the molecule is CC(N)(N)CCC(F)=C(F)F. The number of hydrogen-bond acceptors (Lipinski definition) is 2. The van der Waals surface area contributed by atoms with E-state index in [0.29, 0.717) is 0 Å². The molecule has 0 aromatic carbocycles. The molecule has 0 radical (unpaired) electrons. The van der Waals surface area contributed by atoms with Gasteiger partial charge in [-0.05, 0) is 13.3 Å². The lowest BCUT2D eigenvalue weighted by Crippen LogP contribution is -2.45. The maximum atomic E-state index is 12.1. The minimum atomic E-state index is -2.30. The van der Waals surface area contributed by atoms with Crippen LogP contribution in [0.25, 0.3) is 0 Å². The molecule has 0 aromatic rings. The summed E-state index contributed by atoms with van der Waals surface area (Å²) in [5.74, 6) is -1.44. The third-order valence-corrected chi connectivity index (χ3v) is 1.09. The van der Waals surface area contributed by atoms with Crippen LogP contribution >= 0.6 is 0 Å². The molecule has 0 aromatic heterocycles. The maximum Gasteiger partial charge on any atom is 0.301 e. The average molecular weight is 168 g/mol. The molecule has 2 nitrogen and oxygen atoms in total. The van der Waals surface area contributed by atoms with E-state index in [0.717, 1.165) is 0 Å². The largest absolute Gasteiger partial charge is 0.314 e. The van der Waals surface area contributed by atoms with Crippen LogP contribution in [-0.4, -0.2) is 5.66 Å². The zero-order valence-electron chi connectivity index (χ0n) is 6.20. The Bertz CT molecular complexity index is 156. The highest BCUT2D eigenvalue weighted by Crippen LogP contribution is 2.16. The van der Waals surface area contributed by atoms with Crippen molar-refractivity contribution < 1.29 is 13.2 Å². The van der Waals surface area contributed by atoms with Crippen LogP contribution in [0, 0.1) is 0 Å². The van der Waals surface area contributed by atoms with E-state index in [1.165, 1.54) is 6.92 Å². The van der Waals surface area contributed by atoms with Crippen molar-refractivity contribution in [2.24, 2.45) is 11.5 Å². The van der Waals surface area contributed by atoms with Crippen LogP contribution in [0.3, 0.4) is 0 Å². The van der Waals surface area contributed by atoms with Gasteiger partial charge in [0.15, 0.2) is 5.83 Å². The lowest BCUT2D eigenvalue weighted by molar-refractivity contribution is 0.353. The average Bonchev–Trinajstić information content (AvgIpc) is 1.80. The Morgan fingerprint density at radius 1 is 1.27 bits per heavy atom. The molecule has 0 amide bonds. The summed E-state index contributed by atoms with van der Waals surface area (Å²) in [5, 5.41) is 0. The highest BCUT2D eigenvalue weighted by atomic mass is 19.3. The van der Waals surface area contributed by atoms with Gasteiger partial charge in [-0.15, -0.1) is 0 Å². The summed E-state index contributed by atoms with van der Waals surface area (Å²) >= 11 is 0. The molecule has 11 heavy (non-hydrogen) atoms. The number of nitrogens with two attached hydrogens (primary N) is 2. The zero-order valence-corrected chi connectivity index (χ0v) is 6.20. The molecule has 0 saturated heterocycles. The van der Waals surface area contributed by atoms with E-state index in [1.807, 2.05) is 0 Å². The molecule has 0 heterocycles. The zero-order chi connectivity index (χ0) is 9.07. The molecular formula is C6H11F3N2. The quantitative estimate of drug-likeness (QED) is 0.627. The molecule has 0 unspecified atom stereocenters. The van der Waals surface area contributed by atoms with E-state index < -0.39 is 24.0 Å². The van der Waals surface area contributed by atoms with E-state index >= 15 is 0 Å². The van der Waals surface area contributed by atoms with Gasteiger partial charge in [0.25, 0.3) is 0 Å². The van der Waals surface area contributed by atoms with Crippen LogP contribution in [0.2, 0.25) is 0 Å². The predicted octanol–water partition coefficient (Wildman–Crippen LogP) is 1.48. The summed E-state index contributed by atoms with van der Waals surface area (Å²) in [7, 11) is 0. The first-order chi connectivity index (χ1) is 4.83. The number of rotatable bonds is 3. The fourth-order valence-electron chi connectivity index (χ4n) is 0.474. The second-order valence-corrected chi connectivity index (χ2v) is 2.67. The molecular weight excluding hydrogens is 157 g/mol. The lowest BCUT2D eigenvalue weighted by atomic mass is 10.1. The van der Waals surface area contributed by atoms with Crippen LogP contribution in [-0.2, 0) is 0 Å². The standard InChI is InChI=1S/C6H11F3N2/c1-6(10,11)3-2-4(7)5(8)9/h2-3,10-11H2,1H3. The van der Waals surface area contributed by atoms with E-state index in [-0.39, 0.29) is 6.42 Å². The van der Waals surface area contributed by atoms with E-state index in [4.69, 9.17) is 11.5 Å². The summed E-state index contributed by atoms with van der Waals surface area (Å²) in [6.07, 6.45) is -2.71. The van der Waals surface area contributed by atoms with Crippen molar-refractivity contribution in [2.45, 2.75) is 25.4 Å². The molecule has 0 rings (SSSR count). The number of halogens is 3. The molecule has 0 saturated carbocycles. The van der Waals surface area contributed by atoms with Crippen molar-refractivity contribution in [2.75, 3.05) is 0 Å². The summed E-state index contributed by atoms with van der Waals surface area (Å²) in [4.78, 5) is 0. The Morgan fingerprint density at radius 3 is 2.00 bits per heavy atom. The molecule has 0 atom stereocenters. The van der Waals surface area contributed by atoms with Gasteiger partial charge in [-0.3, -0.25) is 0 Å². The topological polar surface area (TPSA) is 52.0 Å². The van der Waals surface area contributed by atoms with E-state index in [2.05, 4.69) is 0 Å². The van der Waals surface area contributed by atoms with Crippen molar-refractivity contribution in [3.05, 3.63) is 11.9 Å². The number of allylic oxidation sites excluding steroid dienone is 1. The normalized spacial score (nSPS) is 11.5. The molecule has 5 heteroatoms.